The fourth-order valence-corrected chi connectivity index (χ4v) is 12.0. The molecule has 9 aromatic rings. The molecular weight excluding hydrogens is 1290 g/mol. The molecule has 0 aliphatic rings. The summed E-state index contributed by atoms with van der Waals surface area (Å²) in [6.07, 6.45) is 11.9. The first-order valence-electron chi connectivity index (χ1n) is 30.1. The number of esters is 4. The Morgan fingerprint density at radius 3 is 1.19 bits per heavy atom. The molecule has 0 aliphatic heterocycles. The first-order valence-corrected chi connectivity index (χ1v) is 33.4. The second kappa shape index (κ2) is 48.8. The maximum Gasteiger partial charge on any atom is 1.00 e. The van der Waals surface area contributed by atoms with Crippen molar-refractivity contribution in [3.63, 3.8) is 0 Å². The van der Waals surface area contributed by atoms with Gasteiger partial charge in [-0.15, -0.1) is 45.3 Å². The van der Waals surface area contributed by atoms with Crippen LogP contribution in [0.15, 0.2) is 197 Å². The number of H-pyrrole nitrogens is 1. The molecule has 0 aliphatic carbocycles. The van der Waals surface area contributed by atoms with Gasteiger partial charge in [0.25, 0.3) is 0 Å². The van der Waals surface area contributed by atoms with Gasteiger partial charge in [-0.05, 0) is 186 Å². The molecule has 0 unspecified atom stereocenters. The van der Waals surface area contributed by atoms with Crippen LogP contribution in [0.3, 0.4) is 0 Å². The van der Waals surface area contributed by atoms with Crippen molar-refractivity contribution in [3.8, 4) is 0 Å². The molecule has 4 aromatic carbocycles. The second-order valence-corrected chi connectivity index (χ2v) is 24.0. The van der Waals surface area contributed by atoms with Gasteiger partial charge in [0.1, 0.15) is 23.6 Å². The summed E-state index contributed by atoms with van der Waals surface area (Å²) in [5.41, 5.74) is 31.6. The van der Waals surface area contributed by atoms with Crippen LogP contribution in [0.25, 0.3) is 53.7 Å². The Labute approximate surface area is 593 Å². The molecule has 0 fully saturated rings. The predicted molar refractivity (Wildman–Crippen MR) is 378 cm³/mol. The standard InChI is InChI=1S/2C17H17N3O2S.C17H17NO2S.C13H12OS.C4H7N3O2.C2H6O.Na.H/c2*1-2-22-17(21)16(19-20-18)12-15-11-10-14(23-15)9-8-13-6-4-3-5-7-13;1-2-20-17(19)15-11-16-14(18-15)10-13(21-16)9-8-12-6-4-3-5-7-12;14-10-13-9-8-12(15-13)7-6-11-4-2-1-3-5-11;1-2-9-4(8)3-6-7-5;1-2-3;;/h2*3-7,10-12H,2,8-9H2,1H3;3-7,10-11,18H,2,8-9H2,1H3;1-5,8-10H,6-7H2;2-3H2,1H3;3H,2H2,1H3;;/q;;;;;;+1;-1/b2*16-12-;;;;;;. The van der Waals surface area contributed by atoms with E-state index in [-0.39, 0.29) is 74.7 Å². The van der Waals surface area contributed by atoms with Crippen LogP contribution in [0, 0.1) is 0 Å². The molecule has 0 spiro atoms. The van der Waals surface area contributed by atoms with Gasteiger partial charge < -0.3 is 30.5 Å². The molecule has 0 saturated heterocycles. The zero-order chi connectivity index (χ0) is 68.0. The van der Waals surface area contributed by atoms with Crippen LogP contribution < -0.4 is 29.6 Å². The average Bonchev–Trinajstić information content (AvgIpc) is 1.67. The van der Waals surface area contributed by atoms with Crippen molar-refractivity contribution >= 4 is 97.9 Å². The molecule has 0 bridgehead atoms. The molecule has 0 amide bonds. The number of nitrogens with zero attached hydrogens (tertiary/aromatic N) is 9. The van der Waals surface area contributed by atoms with E-state index >= 15 is 0 Å². The van der Waals surface area contributed by atoms with Crippen molar-refractivity contribution in [1.29, 1.82) is 0 Å². The molecule has 0 radical (unpaired) electrons. The van der Waals surface area contributed by atoms with E-state index in [2.05, 4.69) is 119 Å². The van der Waals surface area contributed by atoms with Gasteiger partial charge >= 0.3 is 53.4 Å². The number of benzene rings is 4. The van der Waals surface area contributed by atoms with E-state index in [0.717, 1.165) is 82.5 Å². The Hall–Kier alpha value is -8.86. The number of hydrogen-bond acceptors (Lipinski definition) is 17. The molecule has 5 heterocycles. The Bertz CT molecular complexity index is 3780. The van der Waals surface area contributed by atoms with Crippen molar-refractivity contribution < 1.29 is 79.0 Å². The number of aryl methyl sites for hydroxylation is 8. The molecule has 2 N–H and O–H groups in total. The summed E-state index contributed by atoms with van der Waals surface area (Å²) in [6, 6.07) is 57.3. The maximum atomic E-state index is 11.7. The molecular formula is C70H77N10NaO10S4. The first-order chi connectivity index (χ1) is 45.8. The van der Waals surface area contributed by atoms with Crippen LogP contribution in [0.5, 0.6) is 0 Å². The molecule has 5 aromatic heterocycles. The summed E-state index contributed by atoms with van der Waals surface area (Å²) in [7, 11) is 0. The number of aliphatic hydroxyl groups is 1. The van der Waals surface area contributed by atoms with Crippen molar-refractivity contribution in [1.82, 2.24) is 4.98 Å². The van der Waals surface area contributed by atoms with Crippen LogP contribution in [-0.4, -0.2) is 79.8 Å². The predicted octanol–water partition coefficient (Wildman–Crippen LogP) is 15.0. The van der Waals surface area contributed by atoms with Gasteiger partial charge in [0.05, 0.1) is 41.5 Å². The second-order valence-electron chi connectivity index (χ2n) is 19.3. The molecule has 0 saturated carbocycles. The number of hydrogen-bond donors (Lipinski definition) is 2. The van der Waals surface area contributed by atoms with Gasteiger partial charge in [-0.2, -0.15) is 0 Å². The van der Waals surface area contributed by atoms with Crippen LogP contribution in [0.4, 0.5) is 0 Å². The summed E-state index contributed by atoms with van der Waals surface area (Å²) in [5, 5.41) is 17.4. The molecule has 492 valence electrons. The first kappa shape index (κ1) is 80.4. The Morgan fingerprint density at radius 1 is 0.484 bits per heavy atom. The van der Waals surface area contributed by atoms with E-state index in [4.69, 9.17) is 35.9 Å². The maximum absolute atomic E-state index is 11.7. The number of aliphatic hydroxyl groups excluding tert-OH is 1. The summed E-state index contributed by atoms with van der Waals surface area (Å²) in [5.74, 6) is -1.99. The van der Waals surface area contributed by atoms with Crippen LogP contribution in [0.1, 0.15) is 108 Å². The van der Waals surface area contributed by atoms with Gasteiger partial charge in [-0.1, -0.05) is 137 Å². The van der Waals surface area contributed by atoms with Gasteiger partial charge in [0.15, 0.2) is 6.29 Å². The molecule has 95 heavy (non-hydrogen) atoms. The topological polar surface area (TPSA) is 305 Å². The number of nitrogens with one attached hydrogen (secondary N) is 1. The summed E-state index contributed by atoms with van der Waals surface area (Å²) < 4.78 is 20.3. The third-order valence-electron chi connectivity index (χ3n) is 12.4. The van der Waals surface area contributed by atoms with Crippen molar-refractivity contribution in [2.75, 3.05) is 39.6 Å². The third-order valence-corrected chi connectivity index (χ3v) is 16.8. The average molecular weight is 1370 g/mol. The zero-order valence-electron chi connectivity index (χ0n) is 55.1. The SMILES string of the molecule is CCO.CCOC(=O)/C(=C/c1ccc(CCc2ccccc2)s1)N=[N+]=[N-].CCOC(=O)/C(=C/c1ccc(CCc2ccccc2)s1)N=[N+]=[N-].CCOC(=O)CN=[N+]=[N-].CCOC(=O)c1cc2sc(CCc3ccccc3)cc2[nH]1.O=Cc1ccc(CCc2ccccc2)s1.[H-].[Na+]. The molecule has 20 nitrogen and oxygen atoms in total. The van der Waals surface area contributed by atoms with E-state index in [1.54, 1.807) is 85.2 Å². The van der Waals surface area contributed by atoms with E-state index in [9.17, 15) is 24.0 Å². The minimum atomic E-state index is -0.607. The summed E-state index contributed by atoms with van der Waals surface area (Å²) >= 11 is 6.47. The van der Waals surface area contributed by atoms with Gasteiger partial charge in [0.2, 0.25) is 0 Å². The van der Waals surface area contributed by atoms with Gasteiger partial charge in [-0.25, -0.2) is 14.4 Å². The Balaban J connectivity index is 0.000000412. The fraction of sp³-hybridized carbons (Fsp3) is 0.271. The van der Waals surface area contributed by atoms with Crippen molar-refractivity contribution in [2.45, 2.75) is 86.0 Å². The van der Waals surface area contributed by atoms with E-state index in [1.165, 1.54) is 41.8 Å². The number of rotatable bonds is 26. The number of carbonyl (C=O) groups excluding carboxylic acids is 5. The zero-order valence-corrected chi connectivity index (χ0v) is 59.3. The number of fused-ring (bicyclic) bond motifs is 1. The minimum Gasteiger partial charge on any atom is -1.00 e. The third kappa shape index (κ3) is 32.7. The number of carbonyl (C=O) groups is 5. The molecule has 9 rings (SSSR count). The Kier molecular flexibility index (Phi) is 41.3. The normalized spacial score (nSPS) is 10.2. The minimum absolute atomic E-state index is 0. The number of thiophene rings is 4. The van der Waals surface area contributed by atoms with E-state index in [0.29, 0.717) is 18.9 Å². The van der Waals surface area contributed by atoms with Crippen LogP contribution in [0.2, 0.25) is 0 Å². The smallest absolute Gasteiger partial charge is 1.00 e. The summed E-state index contributed by atoms with van der Waals surface area (Å²) in [6.45, 7) is 9.82. The number of aldehydes is 1. The summed E-state index contributed by atoms with van der Waals surface area (Å²) in [4.78, 5) is 74.3. The monoisotopic (exact) mass is 1370 g/mol. The van der Waals surface area contributed by atoms with Crippen molar-refractivity contribution in [2.24, 2.45) is 15.3 Å². The van der Waals surface area contributed by atoms with E-state index in [1.807, 2.05) is 97.9 Å². The number of ether oxygens (including phenoxy) is 4. The Morgan fingerprint density at radius 2 is 0.853 bits per heavy atom. The molecule has 25 heteroatoms. The van der Waals surface area contributed by atoms with Gasteiger partial charge in [0, 0.05) is 50.6 Å². The molecule has 0 atom stereocenters. The number of aromatic nitrogens is 1. The van der Waals surface area contributed by atoms with Crippen molar-refractivity contribution in [3.05, 3.63) is 275 Å². The number of azide groups is 3. The number of aromatic amines is 1. The fourth-order valence-electron chi connectivity index (χ4n) is 8.20. The van der Waals surface area contributed by atoms with Crippen LogP contribution in [-0.2, 0) is 84.7 Å². The largest absolute Gasteiger partial charge is 1.00 e. The van der Waals surface area contributed by atoms with Crippen LogP contribution >= 0.6 is 45.3 Å². The van der Waals surface area contributed by atoms with E-state index < -0.39 is 17.9 Å². The van der Waals surface area contributed by atoms with Gasteiger partial charge in [-0.3, -0.25) is 9.59 Å². The quantitative estimate of drug-likeness (QED) is 0.00754.